The molecule has 0 aromatic heterocycles. The number of rotatable bonds is 4. The van der Waals surface area contributed by atoms with Crippen LogP contribution >= 0.6 is 15.9 Å². The van der Waals surface area contributed by atoms with Crippen LogP contribution in [0.5, 0.6) is 11.5 Å². The molecule has 0 saturated heterocycles. The predicted molar refractivity (Wildman–Crippen MR) is 85.8 cm³/mol. The highest BCUT2D eigenvalue weighted by molar-refractivity contribution is 9.10. The van der Waals surface area contributed by atoms with Gasteiger partial charge in [-0.2, -0.15) is 0 Å². The molecular weight excluding hydrogens is 318 g/mol. The van der Waals surface area contributed by atoms with Gasteiger partial charge in [0.2, 0.25) is 0 Å². The van der Waals surface area contributed by atoms with Crippen molar-refractivity contribution in [3.63, 3.8) is 0 Å². The van der Waals surface area contributed by atoms with Crippen LogP contribution in [0.3, 0.4) is 0 Å². The summed E-state index contributed by atoms with van der Waals surface area (Å²) in [7, 11) is 3.35. The number of nitrogens with two attached hydrogens (primary N) is 1. The van der Waals surface area contributed by atoms with Gasteiger partial charge >= 0.3 is 0 Å². The first-order chi connectivity index (χ1) is 9.59. The molecule has 1 aliphatic carbocycles. The molecular formula is C16H24BrNO2. The Hall–Kier alpha value is -0.740. The van der Waals surface area contributed by atoms with Crippen LogP contribution in [0, 0.1) is 6.92 Å². The van der Waals surface area contributed by atoms with Crippen LogP contribution in [0.15, 0.2) is 10.5 Å². The Kier molecular flexibility index (Phi) is 4.97. The van der Waals surface area contributed by atoms with Crippen LogP contribution in [0.2, 0.25) is 0 Å². The molecule has 0 aliphatic heterocycles. The minimum Gasteiger partial charge on any atom is -0.493 e. The van der Waals surface area contributed by atoms with Crippen LogP contribution in [-0.2, 0) is 5.41 Å². The van der Waals surface area contributed by atoms with Crippen molar-refractivity contribution in [2.75, 3.05) is 20.8 Å². The summed E-state index contributed by atoms with van der Waals surface area (Å²) < 4.78 is 11.9. The summed E-state index contributed by atoms with van der Waals surface area (Å²) in [4.78, 5) is 0. The maximum Gasteiger partial charge on any atom is 0.175 e. The molecule has 0 bridgehead atoms. The quantitative estimate of drug-likeness (QED) is 0.902. The van der Waals surface area contributed by atoms with Crippen molar-refractivity contribution in [3.05, 3.63) is 21.7 Å². The highest BCUT2D eigenvalue weighted by atomic mass is 79.9. The number of hydrogen-bond acceptors (Lipinski definition) is 3. The van der Waals surface area contributed by atoms with Crippen LogP contribution in [0.4, 0.5) is 0 Å². The lowest BCUT2D eigenvalue weighted by molar-refractivity contribution is 0.296. The Bertz CT molecular complexity index is 482. The molecule has 1 aromatic rings. The van der Waals surface area contributed by atoms with E-state index in [9.17, 15) is 0 Å². The second kappa shape index (κ2) is 6.35. The molecule has 1 aliphatic rings. The fourth-order valence-corrected chi connectivity index (χ4v) is 3.98. The molecule has 1 saturated carbocycles. The molecule has 0 amide bonds. The molecule has 112 valence electrons. The Labute approximate surface area is 130 Å². The molecule has 20 heavy (non-hydrogen) atoms. The first kappa shape index (κ1) is 15.6. The normalized spacial score (nSPS) is 17.9. The van der Waals surface area contributed by atoms with E-state index in [0.29, 0.717) is 6.54 Å². The first-order valence-electron chi connectivity index (χ1n) is 7.21. The van der Waals surface area contributed by atoms with Crippen molar-refractivity contribution in [2.45, 2.75) is 44.4 Å². The fourth-order valence-electron chi connectivity index (χ4n) is 3.41. The minimum absolute atomic E-state index is 0.0877. The zero-order valence-corrected chi connectivity index (χ0v) is 14.2. The van der Waals surface area contributed by atoms with Crippen molar-refractivity contribution in [1.82, 2.24) is 0 Å². The standard InChI is InChI=1S/C16H24BrNO2/c1-11-12(16(10-18)7-5-4-6-8-16)9-13(19-2)15(20-3)14(11)17/h9H,4-8,10,18H2,1-3H3. The molecule has 0 unspecified atom stereocenters. The second-order valence-electron chi connectivity index (χ2n) is 5.64. The highest BCUT2D eigenvalue weighted by Gasteiger charge is 2.35. The van der Waals surface area contributed by atoms with E-state index < -0.39 is 0 Å². The summed E-state index contributed by atoms with van der Waals surface area (Å²) in [5.41, 5.74) is 8.78. The Morgan fingerprint density at radius 3 is 2.35 bits per heavy atom. The van der Waals surface area contributed by atoms with E-state index in [2.05, 4.69) is 28.9 Å². The van der Waals surface area contributed by atoms with E-state index in [4.69, 9.17) is 15.2 Å². The van der Waals surface area contributed by atoms with Crippen molar-refractivity contribution in [3.8, 4) is 11.5 Å². The molecule has 0 radical (unpaired) electrons. The molecule has 4 heteroatoms. The number of benzene rings is 1. The van der Waals surface area contributed by atoms with E-state index >= 15 is 0 Å². The lowest BCUT2D eigenvalue weighted by Crippen LogP contribution is -2.37. The Balaban J connectivity index is 2.58. The summed E-state index contributed by atoms with van der Waals surface area (Å²) in [6.07, 6.45) is 6.14. The van der Waals surface area contributed by atoms with Crippen LogP contribution in [0.1, 0.15) is 43.2 Å². The molecule has 2 rings (SSSR count). The SMILES string of the molecule is COc1cc(C2(CN)CCCCC2)c(C)c(Br)c1OC. The average Bonchev–Trinajstić information content (AvgIpc) is 2.50. The molecule has 0 atom stereocenters. The van der Waals surface area contributed by atoms with Crippen LogP contribution < -0.4 is 15.2 Å². The number of halogens is 1. The fraction of sp³-hybridized carbons (Fsp3) is 0.625. The summed E-state index contributed by atoms with van der Waals surface area (Å²) in [6.45, 7) is 2.82. The smallest absolute Gasteiger partial charge is 0.175 e. The predicted octanol–water partition coefficient (Wildman–Crippen LogP) is 3.94. The monoisotopic (exact) mass is 341 g/mol. The Morgan fingerprint density at radius 2 is 1.85 bits per heavy atom. The number of ether oxygens (including phenoxy) is 2. The van der Waals surface area contributed by atoms with Gasteiger partial charge in [-0.3, -0.25) is 0 Å². The zero-order valence-electron chi connectivity index (χ0n) is 12.6. The number of methoxy groups -OCH3 is 2. The highest BCUT2D eigenvalue weighted by Crippen LogP contribution is 2.47. The Morgan fingerprint density at radius 1 is 1.20 bits per heavy atom. The zero-order chi connectivity index (χ0) is 14.8. The van der Waals surface area contributed by atoms with Gasteiger partial charge in [-0.05, 0) is 52.9 Å². The van der Waals surface area contributed by atoms with Gasteiger partial charge in [0, 0.05) is 12.0 Å². The largest absolute Gasteiger partial charge is 0.493 e. The van der Waals surface area contributed by atoms with E-state index in [1.54, 1.807) is 14.2 Å². The molecule has 1 fully saturated rings. The van der Waals surface area contributed by atoms with Gasteiger partial charge in [0.05, 0.1) is 18.7 Å². The number of hydrogen-bond donors (Lipinski definition) is 1. The summed E-state index contributed by atoms with van der Waals surface area (Å²) in [6, 6.07) is 2.12. The second-order valence-corrected chi connectivity index (χ2v) is 6.44. The third-order valence-corrected chi connectivity index (χ3v) is 5.58. The van der Waals surface area contributed by atoms with E-state index in [-0.39, 0.29) is 5.41 Å². The van der Waals surface area contributed by atoms with Gasteiger partial charge in [-0.25, -0.2) is 0 Å². The van der Waals surface area contributed by atoms with Gasteiger partial charge < -0.3 is 15.2 Å². The average molecular weight is 342 g/mol. The lowest BCUT2D eigenvalue weighted by Gasteiger charge is -2.38. The van der Waals surface area contributed by atoms with Crippen molar-refractivity contribution < 1.29 is 9.47 Å². The molecule has 2 N–H and O–H groups in total. The minimum atomic E-state index is 0.0877. The summed E-state index contributed by atoms with van der Waals surface area (Å²) in [5.74, 6) is 1.54. The van der Waals surface area contributed by atoms with Gasteiger partial charge in [-0.1, -0.05) is 19.3 Å². The third kappa shape index (κ3) is 2.56. The maximum atomic E-state index is 6.16. The van der Waals surface area contributed by atoms with E-state index in [0.717, 1.165) is 28.8 Å². The third-order valence-electron chi connectivity index (χ3n) is 4.63. The molecule has 1 aromatic carbocycles. The molecule has 3 nitrogen and oxygen atoms in total. The molecule has 0 spiro atoms. The van der Waals surface area contributed by atoms with Crippen LogP contribution in [-0.4, -0.2) is 20.8 Å². The van der Waals surface area contributed by atoms with Crippen LogP contribution in [0.25, 0.3) is 0 Å². The van der Waals surface area contributed by atoms with E-state index in [1.165, 1.54) is 30.4 Å². The van der Waals surface area contributed by atoms with Crippen molar-refractivity contribution in [1.29, 1.82) is 0 Å². The summed E-state index contributed by atoms with van der Waals surface area (Å²) >= 11 is 3.66. The first-order valence-corrected chi connectivity index (χ1v) is 8.00. The van der Waals surface area contributed by atoms with Crippen molar-refractivity contribution in [2.24, 2.45) is 5.73 Å². The van der Waals surface area contributed by atoms with Gasteiger partial charge in [0.1, 0.15) is 0 Å². The van der Waals surface area contributed by atoms with Crippen molar-refractivity contribution >= 4 is 15.9 Å². The summed E-state index contributed by atoms with van der Waals surface area (Å²) in [5, 5.41) is 0. The lowest BCUT2D eigenvalue weighted by atomic mass is 9.68. The topological polar surface area (TPSA) is 44.5 Å². The maximum absolute atomic E-state index is 6.16. The van der Waals surface area contributed by atoms with Gasteiger partial charge in [0.25, 0.3) is 0 Å². The molecule has 0 heterocycles. The van der Waals surface area contributed by atoms with E-state index in [1.807, 2.05) is 0 Å². The van der Waals surface area contributed by atoms with Gasteiger partial charge in [-0.15, -0.1) is 0 Å². The van der Waals surface area contributed by atoms with Gasteiger partial charge in [0.15, 0.2) is 11.5 Å².